The molecule has 0 bridgehead atoms. The minimum absolute atomic E-state index is 0.412. The van der Waals surface area contributed by atoms with E-state index in [1.54, 1.807) is 13.2 Å². The first-order valence-corrected chi connectivity index (χ1v) is 7.28. The lowest BCUT2D eigenvalue weighted by atomic mass is 10.2. The van der Waals surface area contributed by atoms with Gasteiger partial charge < -0.3 is 14.8 Å². The maximum atomic E-state index is 6.23. The Morgan fingerprint density at radius 3 is 2.67 bits per heavy atom. The van der Waals surface area contributed by atoms with Gasteiger partial charge in [0, 0.05) is 17.1 Å². The summed E-state index contributed by atoms with van der Waals surface area (Å²) in [6, 6.07) is 11.3. The van der Waals surface area contributed by atoms with E-state index < -0.39 is 0 Å². The second-order valence-corrected chi connectivity index (χ2v) is 5.39. The third kappa shape index (κ3) is 4.27. The Balaban J connectivity index is 2.18. The van der Waals surface area contributed by atoms with E-state index in [0.717, 1.165) is 16.9 Å². The summed E-state index contributed by atoms with van der Waals surface area (Å²) in [6.45, 7) is 1.04. The minimum Gasteiger partial charge on any atom is -0.497 e. The van der Waals surface area contributed by atoms with E-state index in [9.17, 15) is 0 Å². The number of halogens is 2. The Labute approximate surface area is 134 Å². The highest BCUT2D eigenvalue weighted by Crippen LogP contribution is 2.33. The number of rotatable bonds is 6. The fraction of sp³-hybridized carbons (Fsp3) is 0.250. The molecule has 0 radical (unpaired) electrons. The molecule has 0 aromatic heterocycles. The largest absolute Gasteiger partial charge is 0.497 e. The van der Waals surface area contributed by atoms with Gasteiger partial charge >= 0.3 is 0 Å². The van der Waals surface area contributed by atoms with Crippen LogP contribution in [0.25, 0.3) is 0 Å². The van der Waals surface area contributed by atoms with E-state index in [-0.39, 0.29) is 0 Å². The van der Waals surface area contributed by atoms with Gasteiger partial charge in [-0.2, -0.15) is 0 Å². The van der Waals surface area contributed by atoms with Crippen LogP contribution < -0.4 is 14.8 Å². The summed E-state index contributed by atoms with van der Waals surface area (Å²) >= 11 is 12.3. The van der Waals surface area contributed by atoms with Crippen LogP contribution in [0.3, 0.4) is 0 Å². The van der Waals surface area contributed by atoms with Gasteiger partial charge in [-0.3, -0.25) is 0 Å². The van der Waals surface area contributed by atoms with Gasteiger partial charge in [-0.25, -0.2) is 0 Å². The lowest BCUT2D eigenvalue weighted by molar-refractivity contribution is 0.301. The van der Waals surface area contributed by atoms with E-state index >= 15 is 0 Å². The first-order valence-electron chi connectivity index (χ1n) is 6.52. The van der Waals surface area contributed by atoms with Gasteiger partial charge in [-0.15, -0.1) is 0 Å². The number of nitrogens with one attached hydrogen (secondary N) is 1. The maximum absolute atomic E-state index is 6.23. The number of ether oxygens (including phenoxy) is 2. The average Bonchev–Trinajstić information content (AvgIpc) is 2.47. The topological polar surface area (TPSA) is 30.5 Å². The van der Waals surface area contributed by atoms with Crippen molar-refractivity contribution in [1.29, 1.82) is 0 Å². The van der Waals surface area contributed by atoms with Crippen LogP contribution in [0, 0.1) is 0 Å². The first kappa shape index (κ1) is 16.0. The number of benzene rings is 2. The molecule has 0 saturated heterocycles. The predicted octanol–water partition coefficient (Wildman–Crippen LogP) is 4.30. The van der Waals surface area contributed by atoms with Crippen molar-refractivity contribution < 1.29 is 9.47 Å². The molecule has 2 rings (SSSR count). The van der Waals surface area contributed by atoms with E-state index in [1.807, 2.05) is 37.4 Å². The van der Waals surface area contributed by atoms with Crippen LogP contribution in [0.5, 0.6) is 11.5 Å². The minimum atomic E-state index is 0.412. The van der Waals surface area contributed by atoms with Gasteiger partial charge in [0.2, 0.25) is 0 Å². The fourth-order valence-electron chi connectivity index (χ4n) is 2.01. The third-order valence-corrected chi connectivity index (χ3v) is 3.47. The highest BCUT2D eigenvalue weighted by Gasteiger charge is 2.11. The second kappa shape index (κ2) is 7.55. The molecule has 0 spiro atoms. The molecule has 0 saturated carbocycles. The van der Waals surface area contributed by atoms with Gasteiger partial charge in [0.05, 0.1) is 12.1 Å². The van der Waals surface area contributed by atoms with Gasteiger partial charge in [0.25, 0.3) is 0 Å². The quantitative estimate of drug-likeness (QED) is 0.858. The molecule has 0 aliphatic carbocycles. The van der Waals surface area contributed by atoms with Crippen molar-refractivity contribution in [2.45, 2.75) is 13.2 Å². The molecule has 21 heavy (non-hydrogen) atoms. The summed E-state index contributed by atoms with van der Waals surface area (Å²) in [7, 11) is 3.50. The smallest absolute Gasteiger partial charge is 0.142 e. The van der Waals surface area contributed by atoms with Gasteiger partial charge in [-0.1, -0.05) is 35.3 Å². The van der Waals surface area contributed by atoms with Crippen molar-refractivity contribution in [2.24, 2.45) is 0 Å². The van der Waals surface area contributed by atoms with Crippen LogP contribution in [-0.4, -0.2) is 14.2 Å². The molecule has 0 aliphatic rings. The van der Waals surface area contributed by atoms with E-state index in [0.29, 0.717) is 28.9 Å². The molecule has 0 unspecified atom stereocenters. The van der Waals surface area contributed by atoms with Crippen LogP contribution in [0.4, 0.5) is 0 Å². The van der Waals surface area contributed by atoms with Crippen molar-refractivity contribution in [2.75, 3.05) is 14.2 Å². The summed E-state index contributed by atoms with van der Waals surface area (Å²) in [5.41, 5.74) is 1.94. The fourth-order valence-corrected chi connectivity index (χ4v) is 2.60. The molecule has 2 aromatic carbocycles. The predicted molar refractivity (Wildman–Crippen MR) is 86.6 cm³/mol. The summed E-state index contributed by atoms with van der Waals surface area (Å²) < 4.78 is 11.1. The Kier molecular flexibility index (Phi) is 5.74. The van der Waals surface area contributed by atoms with Crippen LogP contribution in [-0.2, 0) is 13.2 Å². The summed E-state index contributed by atoms with van der Waals surface area (Å²) in [5, 5.41) is 4.18. The van der Waals surface area contributed by atoms with Crippen LogP contribution in [0.1, 0.15) is 11.1 Å². The molecule has 0 fully saturated rings. The molecule has 0 aliphatic heterocycles. The van der Waals surface area contributed by atoms with Gasteiger partial charge in [-0.05, 0) is 36.9 Å². The van der Waals surface area contributed by atoms with Crippen molar-refractivity contribution in [1.82, 2.24) is 5.32 Å². The zero-order valence-electron chi connectivity index (χ0n) is 12.0. The normalized spacial score (nSPS) is 10.5. The Hall–Kier alpha value is -1.42. The van der Waals surface area contributed by atoms with Gasteiger partial charge in [0.1, 0.15) is 18.1 Å². The zero-order valence-corrected chi connectivity index (χ0v) is 13.5. The van der Waals surface area contributed by atoms with Crippen LogP contribution in [0.15, 0.2) is 36.4 Å². The Bertz CT molecular complexity index is 617. The number of hydrogen-bond donors (Lipinski definition) is 1. The summed E-state index contributed by atoms with van der Waals surface area (Å²) in [6.07, 6.45) is 0. The Morgan fingerprint density at radius 2 is 1.95 bits per heavy atom. The molecule has 0 amide bonds. The lowest BCUT2D eigenvalue weighted by Gasteiger charge is -2.14. The monoisotopic (exact) mass is 325 g/mol. The standard InChI is InChI=1S/C16H17Cl2NO2/c1-19-9-12-7-13(17)8-15(18)16(12)21-10-11-4-3-5-14(6-11)20-2/h3-8,19H,9-10H2,1-2H3. The van der Waals surface area contributed by atoms with Crippen molar-refractivity contribution in [3.05, 3.63) is 57.6 Å². The average molecular weight is 326 g/mol. The van der Waals surface area contributed by atoms with Crippen molar-refractivity contribution in [3.63, 3.8) is 0 Å². The second-order valence-electron chi connectivity index (χ2n) is 4.55. The van der Waals surface area contributed by atoms with Crippen molar-refractivity contribution >= 4 is 23.2 Å². The van der Waals surface area contributed by atoms with Crippen LogP contribution >= 0.6 is 23.2 Å². The third-order valence-electron chi connectivity index (χ3n) is 2.97. The van der Waals surface area contributed by atoms with E-state index in [1.165, 1.54) is 0 Å². The maximum Gasteiger partial charge on any atom is 0.142 e. The molecule has 0 heterocycles. The van der Waals surface area contributed by atoms with E-state index in [2.05, 4.69) is 5.32 Å². The highest BCUT2D eigenvalue weighted by atomic mass is 35.5. The number of hydrogen-bond acceptors (Lipinski definition) is 3. The molecule has 2 aromatic rings. The SMILES string of the molecule is CNCc1cc(Cl)cc(Cl)c1OCc1cccc(OC)c1. The lowest BCUT2D eigenvalue weighted by Crippen LogP contribution is -2.08. The molecule has 5 heteroatoms. The van der Waals surface area contributed by atoms with Crippen molar-refractivity contribution in [3.8, 4) is 11.5 Å². The summed E-state index contributed by atoms with van der Waals surface area (Å²) in [4.78, 5) is 0. The summed E-state index contributed by atoms with van der Waals surface area (Å²) in [5.74, 6) is 1.45. The van der Waals surface area contributed by atoms with E-state index in [4.69, 9.17) is 32.7 Å². The van der Waals surface area contributed by atoms with Gasteiger partial charge in [0.15, 0.2) is 0 Å². The molecular weight excluding hydrogens is 309 g/mol. The molecular formula is C16H17Cl2NO2. The molecule has 1 N–H and O–H groups in total. The highest BCUT2D eigenvalue weighted by molar-refractivity contribution is 6.35. The molecule has 3 nitrogen and oxygen atoms in total. The number of methoxy groups -OCH3 is 1. The zero-order chi connectivity index (χ0) is 15.2. The molecule has 0 atom stereocenters. The molecule has 112 valence electrons. The Morgan fingerprint density at radius 1 is 1.14 bits per heavy atom. The first-order chi connectivity index (χ1) is 10.1. The van der Waals surface area contributed by atoms with Crippen LogP contribution in [0.2, 0.25) is 10.0 Å².